The first-order valence-corrected chi connectivity index (χ1v) is 8.46. The van der Waals surface area contributed by atoms with Crippen molar-refractivity contribution >= 4 is 23.2 Å². The molecule has 0 bridgehead atoms. The average molecular weight is 352 g/mol. The largest absolute Gasteiger partial charge is 0.318 e. The predicted molar refractivity (Wildman–Crippen MR) is 99.7 cm³/mol. The maximum atomic E-state index is 10.8. The minimum absolute atomic E-state index is 0.0781. The van der Waals surface area contributed by atoms with E-state index in [1.54, 1.807) is 18.3 Å². The van der Waals surface area contributed by atoms with E-state index in [4.69, 9.17) is 0 Å². The van der Waals surface area contributed by atoms with Crippen LogP contribution in [-0.4, -0.2) is 15.7 Å². The molecule has 0 atom stereocenters. The molecule has 0 N–H and O–H groups in total. The molecule has 25 heavy (non-hydrogen) atoms. The second-order valence-corrected chi connectivity index (χ2v) is 6.30. The first-order valence-electron chi connectivity index (χ1n) is 7.58. The summed E-state index contributed by atoms with van der Waals surface area (Å²) in [6, 6.07) is 14.4. The van der Waals surface area contributed by atoms with Gasteiger partial charge < -0.3 is 4.57 Å². The summed E-state index contributed by atoms with van der Waals surface area (Å²) < 4.78 is 1.92. The molecule has 0 saturated carbocycles. The second kappa shape index (κ2) is 7.23. The molecule has 3 aromatic rings. The number of aryl methyl sites for hydroxylation is 1. The van der Waals surface area contributed by atoms with Crippen molar-refractivity contribution in [1.29, 1.82) is 0 Å². The highest BCUT2D eigenvalue weighted by Crippen LogP contribution is 2.22. The molecule has 3 rings (SSSR count). The summed E-state index contributed by atoms with van der Waals surface area (Å²) in [6.45, 7) is 2.03. The molecule has 0 fully saturated rings. The molecule has 0 aliphatic rings. The lowest BCUT2D eigenvalue weighted by atomic mass is 10.1. The fourth-order valence-corrected chi connectivity index (χ4v) is 3.21. The lowest BCUT2D eigenvalue weighted by molar-refractivity contribution is -0.384. The lowest BCUT2D eigenvalue weighted by Crippen LogP contribution is -2.10. The quantitative estimate of drug-likeness (QED) is 0.406. The van der Waals surface area contributed by atoms with Crippen LogP contribution in [0.3, 0.4) is 0 Å². The third-order valence-corrected chi connectivity index (χ3v) is 4.73. The topological polar surface area (TPSA) is 72.8 Å². The number of nitro benzene ring substituents is 1. The molecule has 0 unspecified atom stereocenters. The fourth-order valence-electron chi connectivity index (χ4n) is 2.35. The van der Waals surface area contributed by atoms with Gasteiger partial charge in [-0.2, -0.15) is 5.10 Å². The highest BCUT2D eigenvalue weighted by molar-refractivity contribution is 7.07. The number of non-ortho nitro benzene ring substituents is 1. The van der Waals surface area contributed by atoms with Gasteiger partial charge in [-0.1, -0.05) is 24.3 Å². The third kappa shape index (κ3) is 3.72. The van der Waals surface area contributed by atoms with Crippen molar-refractivity contribution < 1.29 is 4.92 Å². The summed E-state index contributed by atoms with van der Waals surface area (Å²) in [7, 11) is 1.90. The van der Waals surface area contributed by atoms with Crippen molar-refractivity contribution in [2.75, 3.05) is 0 Å². The summed E-state index contributed by atoms with van der Waals surface area (Å²) >= 11 is 1.47. The number of rotatable bonds is 4. The van der Waals surface area contributed by atoms with Crippen LogP contribution in [0.1, 0.15) is 11.1 Å². The van der Waals surface area contributed by atoms with Crippen LogP contribution in [0.4, 0.5) is 5.69 Å². The number of nitro groups is 1. The van der Waals surface area contributed by atoms with Crippen LogP contribution < -0.4 is 4.80 Å². The van der Waals surface area contributed by atoms with Crippen LogP contribution >= 0.6 is 11.3 Å². The van der Waals surface area contributed by atoms with Gasteiger partial charge in [0.15, 0.2) is 0 Å². The molecular weight excluding hydrogens is 336 g/mol. The van der Waals surface area contributed by atoms with E-state index in [2.05, 4.69) is 10.2 Å². The number of aromatic nitrogens is 1. The van der Waals surface area contributed by atoms with E-state index in [1.165, 1.54) is 23.5 Å². The number of hydrogen-bond donors (Lipinski definition) is 0. The Morgan fingerprint density at radius 2 is 1.88 bits per heavy atom. The summed E-state index contributed by atoms with van der Waals surface area (Å²) in [4.78, 5) is 11.1. The zero-order valence-electron chi connectivity index (χ0n) is 13.8. The van der Waals surface area contributed by atoms with E-state index in [1.807, 2.05) is 48.2 Å². The molecule has 0 amide bonds. The first kappa shape index (κ1) is 16.8. The van der Waals surface area contributed by atoms with Crippen molar-refractivity contribution in [3.8, 4) is 11.3 Å². The summed E-state index contributed by atoms with van der Waals surface area (Å²) in [5.41, 5.74) is 4.08. The Morgan fingerprint density at radius 3 is 2.56 bits per heavy atom. The lowest BCUT2D eigenvalue weighted by Gasteiger charge is -2.02. The number of hydrogen-bond acceptors (Lipinski definition) is 5. The van der Waals surface area contributed by atoms with Gasteiger partial charge in [-0.3, -0.25) is 10.1 Å². The smallest absolute Gasteiger partial charge is 0.269 e. The molecular formula is C18H16N4O2S. The monoisotopic (exact) mass is 352 g/mol. The van der Waals surface area contributed by atoms with E-state index in [9.17, 15) is 10.1 Å². The van der Waals surface area contributed by atoms with Gasteiger partial charge in [-0.15, -0.1) is 16.4 Å². The maximum Gasteiger partial charge on any atom is 0.269 e. The molecule has 0 aliphatic heterocycles. The van der Waals surface area contributed by atoms with E-state index < -0.39 is 4.92 Å². The standard InChI is InChI=1S/C18H16N4O2S/c1-13-5-3-4-6-15(13)11-19-20-18-21(2)17(12-25-18)14-7-9-16(10-8-14)22(23)24/h3-12H,1-2H3/b19-11-,20-18-. The zero-order chi connectivity index (χ0) is 17.8. The van der Waals surface area contributed by atoms with E-state index in [0.29, 0.717) is 0 Å². The van der Waals surface area contributed by atoms with E-state index >= 15 is 0 Å². The SMILES string of the molecule is Cc1ccccc1/C=N\N=c1/scc(-c2ccc([N+](=O)[O-])cc2)n1C. The average Bonchev–Trinajstić information content (AvgIpc) is 2.97. The summed E-state index contributed by atoms with van der Waals surface area (Å²) in [5.74, 6) is 0. The predicted octanol–water partition coefficient (Wildman–Crippen LogP) is 3.91. The van der Waals surface area contributed by atoms with Crippen LogP contribution in [-0.2, 0) is 7.05 Å². The van der Waals surface area contributed by atoms with Crippen LogP contribution in [0, 0.1) is 17.0 Å². The zero-order valence-corrected chi connectivity index (χ0v) is 14.6. The molecule has 1 heterocycles. The molecule has 0 radical (unpaired) electrons. The van der Waals surface area contributed by atoms with Crippen molar-refractivity contribution in [2.24, 2.45) is 17.3 Å². The van der Waals surface area contributed by atoms with Crippen molar-refractivity contribution in [1.82, 2.24) is 4.57 Å². The minimum atomic E-state index is -0.404. The Balaban J connectivity index is 1.88. The molecule has 126 valence electrons. The van der Waals surface area contributed by atoms with Gasteiger partial charge in [0.25, 0.3) is 5.69 Å². The van der Waals surface area contributed by atoms with E-state index in [-0.39, 0.29) is 5.69 Å². The molecule has 2 aromatic carbocycles. The van der Waals surface area contributed by atoms with Gasteiger partial charge in [-0.05, 0) is 35.7 Å². The molecule has 1 aromatic heterocycles. The number of benzene rings is 2. The minimum Gasteiger partial charge on any atom is -0.318 e. The van der Waals surface area contributed by atoms with Crippen molar-refractivity contribution in [3.63, 3.8) is 0 Å². The second-order valence-electron chi connectivity index (χ2n) is 5.47. The summed E-state index contributed by atoms with van der Waals surface area (Å²) in [5, 5.41) is 21.2. The van der Waals surface area contributed by atoms with Crippen LogP contribution in [0.2, 0.25) is 0 Å². The highest BCUT2D eigenvalue weighted by atomic mass is 32.1. The normalized spacial score (nSPS) is 12.0. The van der Waals surface area contributed by atoms with Gasteiger partial charge in [0.2, 0.25) is 4.80 Å². The summed E-state index contributed by atoms with van der Waals surface area (Å²) in [6.07, 6.45) is 1.74. The molecule has 0 aliphatic carbocycles. The van der Waals surface area contributed by atoms with Crippen LogP contribution in [0.15, 0.2) is 64.1 Å². The molecule has 7 heteroatoms. The van der Waals surface area contributed by atoms with Crippen molar-refractivity contribution in [2.45, 2.75) is 6.92 Å². The molecule has 6 nitrogen and oxygen atoms in total. The first-order chi connectivity index (χ1) is 12.1. The van der Waals surface area contributed by atoms with Gasteiger partial charge in [0.1, 0.15) is 0 Å². The van der Waals surface area contributed by atoms with Gasteiger partial charge in [-0.25, -0.2) is 0 Å². The molecule has 0 saturated heterocycles. The Kier molecular flexibility index (Phi) is 4.85. The van der Waals surface area contributed by atoms with Gasteiger partial charge in [0.05, 0.1) is 16.8 Å². The number of nitrogens with zero attached hydrogens (tertiary/aromatic N) is 4. The van der Waals surface area contributed by atoms with Crippen molar-refractivity contribution in [3.05, 3.63) is 80.0 Å². The van der Waals surface area contributed by atoms with Crippen LogP contribution in [0.25, 0.3) is 11.3 Å². The van der Waals surface area contributed by atoms with Crippen LogP contribution in [0.5, 0.6) is 0 Å². The Labute approximate surface area is 148 Å². The maximum absolute atomic E-state index is 10.8. The Hall–Kier alpha value is -3.06. The fraction of sp³-hybridized carbons (Fsp3) is 0.111. The number of thiazole rings is 1. The van der Waals surface area contributed by atoms with Gasteiger partial charge in [0, 0.05) is 24.6 Å². The Bertz CT molecular complexity index is 1000. The Morgan fingerprint density at radius 1 is 1.16 bits per heavy atom. The molecule has 0 spiro atoms. The van der Waals surface area contributed by atoms with Gasteiger partial charge >= 0.3 is 0 Å². The highest BCUT2D eigenvalue weighted by Gasteiger charge is 2.08. The van der Waals surface area contributed by atoms with E-state index in [0.717, 1.165) is 27.2 Å². The third-order valence-electron chi connectivity index (χ3n) is 3.83.